The van der Waals surface area contributed by atoms with Gasteiger partial charge >= 0.3 is 5.97 Å². The van der Waals surface area contributed by atoms with E-state index in [4.69, 9.17) is 34.8 Å². The number of benzene rings is 1. The summed E-state index contributed by atoms with van der Waals surface area (Å²) >= 11 is 16.9. The van der Waals surface area contributed by atoms with Crippen LogP contribution in [0.3, 0.4) is 0 Å². The SMILES string of the molecule is COC(=O)c1ccc(C(Cl)(Cl)Cl)cc1. The molecule has 0 aliphatic carbocycles. The van der Waals surface area contributed by atoms with Crippen LogP contribution in [0.25, 0.3) is 0 Å². The van der Waals surface area contributed by atoms with Gasteiger partial charge in [-0.15, -0.1) is 0 Å². The van der Waals surface area contributed by atoms with Crippen molar-refractivity contribution < 1.29 is 9.53 Å². The van der Waals surface area contributed by atoms with Gasteiger partial charge in [0, 0.05) is 5.56 Å². The van der Waals surface area contributed by atoms with Gasteiger partial charge in [-0.3, -0.25) is 0 Å². The van der Waals surface area contributed by atoms with Gasteiger partial charge in [-0.1, -0.05) is 46.9 Å². The monoisotopic (exact) mass is 252 g/mol. The molecule has 0 unspecified atom stereocenters. The maximum absolute atomic E-state index is 11.1. The Morgan fingerprint density at radius 1 is 1.21 bits per heavy atom. The average molecular weight is 254 g/mol. The van der Waals surface area contributed by atoms with Crippen LogP contribution in [0.15, 0.2) is 24.3 Å². The first-order chi connectivity index (χ1) is 6.45. The molecule has 0 aliphatic rings. The minimum atomic E-state index is -1.46. The van der Waals surface area contributed by atoms with Crippen molar-refractivity contribution in [3.8, 4) is 0 Å². The third-order valence-electron chi connectivity index (χ3n) is 1.63. The Morgan fingerprint density at radius 2 is 1.71 bits per heavy atom. The number of carbonyl (C=O) groups is 1. The molecule has 0 heterocycles. The maximum Gasteiger partial charge on any atom is 0.337 e. The molecule has 0 fully saturated rings. The second-order valence-electron chi connectivity index (χ2n) is 2.57. The van der Waals surface area contributed by atoms with E-state index in [0.717, 1.165) is 0 Å². The number of alkyl halides is 3. The van der Waals surface area contributed by atoms with Gasteiger partial charge in [0.05, 0.1) is 12.7 Å². The van der Waals surface area contributed by atoms with Crippen molar-refractivity contribution in [2.24, 2.45) is 0 Å². The molecule has 0 bridgehead atoms. The van der Waals surface area contributed by atoms with Gasteiger partial charge in [-0.05, 0) is 12.1 Å². The Kier molecular flexibility index (Phi) is 3.65. The fraction of sp³-hybridized carbons (Fsp3) is 0.222. The highest BCUT2D eigenvalue weighted by molar-refractivity contribution is 6.66. The van der Waals surface area contributed by atoms with Crippen LogP contribution in [-0.4, -0.2) is 13.1 Å². The molecule has 14 heavy (non-hydrogen) atoms. The zero-order valence-corrected chi connectivity index (χ0v) is 9.53. The van der Waals surface area contributed by atoms with Gasteiger partial charge in [-0.25, -0.2) is 4.79 Å². The number of esters is 1. The summed E-state index contributed by atoms with van der Waals surface area (Å²) in [5.41, 5.74) is 0.931. The van der Waals surface area contributed by atoms with Crippen molar-refractivity contribution in [1.29, 1.82) is 0 Å². The first-order valence-electron chi connectivity index (χ1n) is 3.70. The molecule has 0 atom stereocenters. The van der Waals surface area contributed by atoms with E-state index in [1.54, 1.807) is 24.3 Å². The van der Waals surface area contributed by atoms with Crippen molar-refractivity contribution >= 4 is 40.8 Å². The lowest BCUT2D eigenvalue weighted by molar-refractivity contribution is 0.0600. The molecule has 0 amide bonds. The molecule has 1 rings (SSSR count). The normalized spacial score (nSPS) is 11.1. The fourth-order valence-corrected chi connectivity index (χ4v) is 1.29. The van der Waals surface area contributed by atoms with Crippen LogP contribution < -0.4 is 0 Å². The molecule has 0 saturated carbocycles. The lowest BCUT2D eigenvalue weighted by atomic mass is 10.1. The van der Waals surface area contributed by atoms with E-state index in [1.807, 2.05) is 0 Å². The van der Waals surface area contributed by atoms with Gasteiger partial charge in [0.25, 0.3) is 0 Å². The van der Waals surface area contributed by atoms with Crippen molar-refractivity contribution in [3.63, 3.8) is 0 Å². The van der Waals surface area contributed by atoms with Crippen LogP contribution in [-0.2, 0) is 8.53 Å². The maximum atomic E-state index is 11.1. The van der Waals surface area contributed by atoms with E-state index in [9.17, 15) is 4.79 Å². The Hall–Kier alpha value is -0.440. The summed E-state index contributed by atoms with van der Waals surface area (Å²) in [7, 11) is 1.31. The first kappa shape index (κ1) is 11.6. The molecule has 0 N–H and O–H groups in total. The third kappa shape index (κ3) is 2.77. The number of hydrogen-bond acceptors (Lipinski definition) is 2. The highest BCUT2D eigenvalue weighted by Crippen LogP contribution is 2.37. The molecule has 0 aliphatic heterocycles. The van der Waals surface area contributed by atoms with Crippen molar-refractivity contribution in [2.75, 3.05) is 7.11 Å². The summed E-state index contributed by atoms with van der Waals surface area (Å²) in [6.45, 7) is 0. The van der Waals surface area contributed by atoms with E-state index in [-0.39, 0.29) is 0 Å². The van der Waals surface area contributed by atoms with Crippen LogP contribution in [0, 0.1) is 0 Å². The molecule has 5 heteroatoms. The summed E-state index contributed by atoms with van der Waals surface area (Å²) < 4.78 is 3.06. The minimum Gasteiger partial charge on any atom is -0.465 e. The van der Waals surface area contributed by atoms with Crippen LogP contribution in [0.1, 0.15) is 15.9 Å². The highest BCUT2D eigenvalue weighted by atomic mass is 35.6. The predicted molar refractivity (Wildman–Crippen MR) is 57.0 cm³/mol. The Labute approximate surface area is 96.7 Å². The quantitative estimate of drug-likeness (QED) is 0.567. The van der Waals surface area contributed by atoms with Gasteiger partial charge in [0.15, 0.2) is 0 Å². The summed E-state index contributed by atoms with van der Waals surface area (Å²) in [6.07, 6.45) is 0. The topological polar surface area (TPSA) is 26.3 Å². The Morgan fingerprint density at radius 3 is 2.07 bits per heavy atom. The van der Waals surface area contributed by atoms with Crippen molar-refractivity contribution in [2.45, 2.75) is 3.79 Å². The molecule has 76 valence electrons. The zero-order chi connectivity index (χ0) is 10.8. The van der Waals surface area contributed by atoms with Gasteiger partial charge < -0.3 is 4.74 Å². The average Bonchev–Trinajstić information content (AvgIpc) is 2.15. The molecule has 0 spiro atoms. The predicted octanol–water partition coefficient (Wildman–Crippen LogP) is 3.30. The molecule has 1 aromatic carbocycles. The van der Waals surface area contributed by atoms with Gasteiger partial charge in [0.1, 0.15) is 0 Å². The Bertz CT molecular complexity index is 327. The standard InChI is InChI=1S/C9H7Cl3O2/c1-14-8(13)6-2-4-7(5-3-6)9(10,11)12/h2-5H,1H3. The third-order valence-corrected chi connectivity index (χ3v) is 2.29. The van der Waals surface area contributed by atoms with E-state index >= 15 is 0 Å². The van der Waals surface area contributed by atoms with E-state index in [0.29, 0.717) is 11.1 Å². The Balaban J connectivity index is 2.95. The number of halogens is 3. The van der Waals surface area contributed by atoms with Crippen LogP contribution in [0.2, 0.25) is 0 Å². The fourth-order valence-electron chi connectivity index (χ4n) is 0.913. The van der Waals surface area contributed by atoms with Crippen LogP contribution in [0.4, 0.5) is 0 Å². The van der Waals surface area contributed by atoms with Gasteiger partial charge in [0.2, 0.25) is 3.79 Å². The lowest BCUT2D eigenvalue weighted by Gasteiger charge is -2.10. The van der Waals surface area contributed by atoms with E-state index in [2.05, 4.69) is 4.74 Å². The number of rotatable bonds is 1. The molecule has 0 radical (unpaired) electrons. The molecular formula is C9H7Cl3O2. The van der Waals surface area contributed by atoms with Crippen LogP contribution >= 0.6 is 34.8 Å². The van der Waals surface area contributed by atoms with Gasteiger partial charge in [-0.2, -0.15) is 0 Å². The van der Waals surface area contributed by atoms with Crippen molar-refractivity contribution in [3.05, 3.63) is 35.4 Å². The van der Waals surface area contributed by atoms with E-state index in [1.165, 1.54) is 7.11 Å². The molecular weight excluding hydrogens is 246 g/mol. The molecule has 0 saturated heterocycles. The number of carbonyl (C=O) groups excluding carboxylic acids is 1. The first-order valence-corrected chi connectivity index (χ1v) is 4.84. The van der Waals surface area contributed by atoms with E-state index < -0.39 is 9.76 Å². The summed E-state index contributed by atoms with van der Waals surface area (Å²) in [4.78, 5) is 11.1. The zero-order valence-electron chi connectivity index (χ0n) is 7.26. The van der Waals surface area contributed by atoms with Crippen molar-refractivity contribution in [1.82, 2.24) is 0 Å². The molecule has 0 aromatic heterocycles. The molecule has 1 aromatic rings. The lowest BCUT2D eigenvalue weighted by Crippen LogP contribution is -2.03. The minimum absolute atomic E-state index is 0.416. The molecule has 2 nitrogen and oxygen atoms in total. The highest BCUT2D eigenvalue weighted by Gasteiger charge is 2.22. The number of ether oxygens (including phenoxy) is 1. The second-order valence-corrected chi connectivity index (χ2v) is 4.85. The summed E-state index contributed by atoms with van der Waals surface area (Å²) in [5, 5.41) is 0. The summed E-state index contributed by atoms with van der Waals surface area (Å²) in [6, 6.07) is 6.23. The smallest absolute Gasteiger partial charge is 0.337 e. The number of hydrogen-bond donors (Lipinski definition) is 0. The van der Waals surface area contributed by atoms with Crippen LogP contribution in [0.5, 0.6) is 0 Å². The number of methoxy groups -OCH3 is 1. The summed E-state index contributed by atoms with van der Waals surface area (Å²) in [5.74, 6) is -0.416. The second kappa shape index (κ2) is 4.39. The largest absolute Gasteiger partial charge is 0.465 e.